The zero-order valence-corrected chi connectivity index (χ0v) is 8.40. The third-order valence-corrected chi connectivity index (χ3v) is 2.03. The van der Waals surface area contributed by atoms with Gasteiger partial charge in [-0.05, 0) is 6.92 Å². The molecule has 0 aliphatic heterocycles. The molecule has 0 aromatic carbocycles. The molecule has 0 spiro atoms. The fourth-order valence-corrected chi connectivity index (χ4v) is 1.27. The van der Waals surface area contributed by atoms with Crippen LogP contribution in [0.25, 0.3) is 0 Å². The molecule has 16 heavy (non-hydrogen) atoms. The maximum Gasteiger partial charge on any atom is 0.437 e. The summed E-state index contributed by atoms with van der Waals surface area (Å²) in [5.41, 5.74) is -2.11. The summed E-state index contributed by atoms with van der Waals surface area (Å²) in [6.45, 7) is 1.14. The maximum atomic E-state index is 12.4. The smallest absolute Gasteiger partial charge is 0.437 e. The van der Waals surface area contributed by atoms with Gasteiger partial charge in [0.05, 0.1) is 7.11 Å². The van der Waals surface area contributed by atoms with Gasteiger partial charge in [-0.15, -0.1) is 0 Å². The quantitative estimate of drug-likeness (QED) is 0.740. The minimum Gasteiger partial charge on any atom is -0.494 e. The molecule has 2 nitrogen and oxygen atoms in total. The molecular formula is C9H8F5NO. The number of methoxy groups -OCH3 is 1. The van der Waals surface area contributed by atoms with Crippen LogP contribution in [0.15, 0.2) is 6.20 Å². The molecule has 0 unspecified atom stereocenters. The molecule has 1 aromatic rings. The van der Waals surface area contributed by atoms with Crippen molar-refractivity contribution in [1.82, 2.24) is 4.98 Å². The molecule has 0 amide bonds. The third kappa shape index (κ3) is 2.23. The highest BCUT2D eigenvalue weighted by Crippen LogP contribution is 2.39. The number of hydrogen-bond donors (Lipinski definition) is 0. The summed E-state index contributed by atoms with van der Waals surface area (Å²) < 4.78 is 66.5. The molecule has 1 rings (SSSR count). The van der Waals surface area contributed by atoms with Crippen molar-refractivity contribution in [3.05, 3.63) is 23.0 Å². The molecule has 0 N–H and O–H groups in total. The average molecular weight is 241 g/mol. The lowest BCUT2D eigenvalue weighted by Crippen LogP contribution is -2.12. The van der Waals surface area contributed by atoms with Crippen molar-refractivity contribution in [2.45, 2.75) is 19.5 Å². The van der Waals surface area contributed by atoms with Crippen LogP contribution in [-0.4, -0.2) is 12.1 Å². The Labute approximate surface area is 88.1 Å². The van der Waals surface area contributed by atoms with Crippen molar-refractivity contribution in [1.29, 1.82) is 0 Å². The number of nitrogens with zero attached hydrogens (tertiary/aromatic N) is 1. The molecular weight excluding hydrogens is 233 g/mol. The van der Waals surface area contributed by atoms with E-state index in [1.54, 1.807) is 0 Å². The minimum absolute atomic E-state index is 0.250. The van der Waals surface area contributed by atoms with Crippen molar-refractivity contribution in [2.75, 3.05) is 7.11 Å². The molecule has 0 radical (unpaired) electrons. The van der Waals surface area contributed by atoms with E-state index in [-0.39, 0.29) is 5.56 Å². The molecule has 7 heteroatoms. The van der Waals surface area contributed by atoms with Crippen LogP contribution >= 0.6 is 0 Å². The molecule has 90 valence electrons. The Bertz CT molecular complexity index is 388. The van der Waals surface area contributed by atoms with E-state index in [0.29, 0.717) is 6.20 Å². The first kappa shape index (κ1) is 12.7. The number of alkyl halides is 5. The van der Waals surface area contributed by atoms with Gasteiger partial charge in [-0.1, -0.05) is 0 Å². The van der Waals surface area contributed by atoms with Gasteiger partial charge in [-0.25, -0.2) is 13.8 Å². The highest BCUT2D eigenvalue weighted by molar-refractivity contribution is 5.43. The summed E-state index contributed by atoms with van der Waals surface area (Å²) in [6.07, 6.45) is -7.09. The molecule has 1 heterocycles. The Kier molecular flexibility index (Phi) is 3.35. The van der Waals surface area contributed by atoms with Gasteiger partial charge in [0.15, 0.2) is 11.4 Å². The zero-order chi connectivity index (χ0) is 12.5. The van der Waals surface area contributed by atoms with Gasteiger partial charge in [0.2, 0.25) is 0 Å². The molecule has 0 saturated heterocycles. The van der Waals surface area contributed by atoms with Gasteiger partial charge < -0.3 is 4.74 Å². The van der Waals surface area contributed by atoms with E-state index in [9.17, 15) is 22.0 Å². The predicted octanol–water partition coefficient (Wildman–Crippen LogP) is 3.36. The highest BCUT2D eigenvalue weighted by Gasteiger charge is 2.38. The maximum absolute atomic E-state index is 12.4. The van der Waals surface area contributed by atoms with Crippen molar-refractivity contribution in [3.8, 4) is 5.75 Å². The Morgan fingerprint density at radius 1 is 1.31 bits per heavy atom. The summed E-state index contributed by atoms with van der Waals surface area (Å²) in [5.74, 6) is -0.662. The monoisotopic (exact) mass is 241 g/mol. The van der Waals surface area contributed by atoms with Crippen LogP contribution in [0, 0.1) is 6.92 Å². The molecule has 0 aliphatic carbocycles. The number of halogens is 5. The largest absolute Gasteiger partial charge is 0.494 e. The number of aromatic nitrogens is 1. The Balaban J connectivity index is 3.41. The third-order valence-electron chi connectivity index (χ3n) is 2.03. The minimum atomic E-state index is -4.73. The van der Waals surface area contributed by atoms with Crippen LogP contribution in [-0.2, 0) is 6.18 Å². The Morgan fingerprint density at radius 3 is 2.25 bits per heavy atom. The predicted molar refractivity (Wildman–Crippen MR) is 45.5 cm³/mol. The van der Waals surface area contributed by atoms with E-state index in [1.165, 1.54) is 0 Å². The summed E-state index contributed by atoms with van der Waals surface area (Å²) in [5, 5.41) is 0. The molecule has 0 fully saturated rings. The second-order valence-electron chi connectivity index (χ2n) is 3.02. The van der Waals surface area contributed by atoms with E-state index in [0.717, 1.165) is 14.0 Å². The average Bonchev–Trinajstić information content (AvgIpc) is 2.15. The second kappa shape index (κ2) is 4.23. The van der Waals surface area contributed by atoms with E-state index in [4.69, 9.17) is 0 Å². The van der Waals surface area contributed by atoms with Gasteiger partial charge in [0.25, 0.3) is 6.43 Å². The number of rotatable bonds is 2. The molecule has 1 aromatic heterocycles. The first-order chi connectivity index (χ1) is 7.29. The van der Waals surface area contributed by atoms with Crippen molar-refractivity contribution >= 4 is 0 Å². The lowest BCUT2D eigenvalue weighted by Gasteiger charge is -2.15. The van der Waals surface area contributed by atoms with Crippen molar-refractivity contribution < 1.29 is 26.7 Å². The summed E-state index contributed by atoms with van der Waals surface area (Å²) in [7, 11) is 0.981. The second-order valence-corrected chi connectivity index (χ2v) is 3.02. The van der Waals surface area contributed by atoms with Crippen LogP contribution < -0.4 is 4.74 Å². The normalized spacial score (nSPS) is 12.0. The molecule has 0 saturated carbocycles. The SMILES string of the molecule is COc1c(C(F)(F)F)ncc(C(F)F)c1C. The first-order valence-corrected chi connectivity index (χ1v) is 4.17. The van der Waals surface area contributed by atoms with Gasteiger partial charge in [0, 0.05) is 17.3 Å². The van der Waals surface area contributed by atoms with Gasteiger partial charge in [-0.2, -0.15) is 13.2 Å². The fraction of sp³-hybridized carbons (Fsp3) is 0.444. The van der Waals surface area contributed by atoms with Gasteiger partial charge in [-0.3, -0.25) is 0 Å². The van der Waals surface area contributed by atoms with Gasteiger partial charge in [0.1, 0.15) is 0 Å². The van der Waals surface area contributed by atoms with Crippen LogP contribution in [0.2, 0.25) is 0 Å². The molecule has 0 atom stereocenters. The van der Waals surface area contributed by atoms with E-state index < -0.39 is 29.6 Å². The van der Waals surface area contributed by atoms with Crippen LogP contribution in [0.4, 0.5) is 22.0 Å². The topological polar surface area (TPSA) is 22.1 Å². The first-order valence-electron chi connectivity index (χ1n) is 4.17. The van der Waals surface area contributed by atoms with Crippen LogP contribution in [0.3, 0.4) is 0 Å². The van der Waals surface area contributed by atoms with Crippen LogP contribution in [0.1, 0.15) is 23.2 Å². The fourth-order valence-electron chi connectivity index (χ4n) is 1.27. The van der Waals surface area contributed by atoms with Crippen molar-refractivity contribution in [2.24, 2.45) is 0 Å². The lowest BCUT2D eigenvalue weighted by molar-refractivity contribution is -0.142. The lowest BCUT2D eigenvalue weighted by atomic mass is 10.1. The number of pyridine rings is 1. The summed E-state index contributed by atoms with van der Waals surface area (Å²) >= 11 is 0. The van der Waals surface area contributed by atoms with E-state index in [1.807, 2.05) is 0 Å². The highest BCUT2D eigenvalue weighted by atomic mass is 19.4. The summed E-state index contributed by atoms with van der Waals surface area (Å²) in [6, 6.07) is 0. The molecule has 0 bridgehead atoms. The van der Waals surface area contributed by atoms with Gasteiger partial charge >= 0.3 is 6.18 Å². The number of ether oxygens (including phenoxy) is 1. The van der Waals surface area contributed by atoms with Crippen molar-refractivity contribution in [3.63, 3.8) is 0 Å². The van der Waals surface area contributed by atoms with E-state index in [2.05, 4.69) is 9.72 Å². The Morgan fingerprint density at radius 2 is 1.88 bits per heavy atom. The zero-order valence-electron chi connectivity index (χ0n) is 8.40. The summed E-state index contributed by atoms with van der Waals surface area (Å²) in [4.78, 5) is 2.97. The Hall–Kier alpha value is -1.40. The number of hydrogen-bond acceptors (Lipinski definition) is 2. The van der Waals surface area contributed by atoms with Crippen LogP contribution in [0.5, 0.6) is 5.75 Å². The molecule has 0 aliphatic rings. The van der Waals surface area contributed by atoms with E-state index >= 15 is 0 Å². The standard InChI is InChI=1S/C9H8F5NO/c1-4-5(8(10)11)3-15-7(6(4)16-2)9(12,13)14/h3,8H,1-2H3.